The summed E-state index contributed by atoms with van der Waals surface area (Å²) >= 11 is 0. The number of nitrogens with one attached hydrogen (secondary N) is 1. The standard InChI is InChI=1S/C18H15FN4O2S/c1-13-11-18(23(21-13)16-7-5-15(19)6-8-16)22-26(24,25)17-4-2-3-14(12-17)9-10-20/h2-8,11-12,22H,9H2,1H3. The maximum absolute atomic E-state index is 13.1. The Bertz CT molecular complexity index is 1080. The molecule has 8 heteroatoms. The van der Waals surface area contributed by atoms with Crippen LogP contribution in [0.4, 0.5) is 10.2 Å². The molecule has 3 aromatic rings. The van der Waals surface area contributed by atoms with E-state index < -0.39 is 15.8 Å². The highest BCUT2D eigenvalue weighted by Crippen LogP contribution is 2.22. The van der Waals surface area contributed by atoms with Crippen LogP contribution >= 0.6 is 0 Å². The van der Waals surface area contributed by atoms with Crippen molar-refractivity contribution in [3.05, 3.63) is 71.7 Å². The number of aromatic nitrogens is 2. The van der Waals surface area contributed by atoms with E-state index in [9.17, 15) is 12.8 Å². The van der Waals surface area contributed by atoms with Crippen molar-refractivity contribution in [1.29, 1.82) is 5.26 Å². The van der Waals surface area contributed by atoms with Gasteiger partial charge < -0.3 is 0 Å². The molecule has 0 unspecified atom stereocenters. The first-order valence-corrected chi connectivity index (χ1v) is 9.19. The van der Waals surface area contributed by atoms with Gasteiger partial charge in [0, 0.05) is 6.07 Å². The lowest BCUT2D eigenvalue weighted by molar-refractivity contribution is 0.600. The normalized spacial score (nSPS) is 11.1. The average molecular weight is 370 g/mol. The molecular weight excluding hydrogens is 355 g/mol. The molecule has 132 valence electrons. The summed E-state index contributed by atoms with van der Waals surface area (Å²) in [5.41, 5.74) is 1.74. The number of halogens is 1. The molecule has 0 fully saturated rings. The topological polar surface area (TPSA) is 87.8 Å². The monoisotopic (exact) mass is 370 g/mol. The third-order valence-corrected chi connectivity index (χ3v) is 4.99. The maximum Gasteiger partial charge on any atom is 0.263 e. The van der Waals surface area contributed by atoms with Crippen LogP contribution in [0.5, 0.6) is 0 Å². The molecule has 0 amide bonds. The number of aryl methyl sites for hydroxylation is 1. The first-order valence-electron chi connectivity index (χ1n) is 7.70. The molecule has 26 heavy (non-hydrogen) atoms. The van der Waals surface area contributed by atoms with E-state index in [4.69, 9.17) is 5.26 Å². The van der Waals surface area contributed by atoms with Crippen LogP contribution in [0.1, 0.15) is 11.3 Å². The van der Waals surface area contributed by atoms with Crippen LogP contribution in [0.25, 0.3) is 5.69 Å². The number of hydrogen-bond acceptors (Lipinski definition) is 4. The summed E-state index contributed by atoms with van der Waals surface area (Å²) in [5, 5.41) is 13.0. The van der Waals surface area contributed by atoms with E-state index >= 15 is 0 Å². The lowest BCUT2D eigenvalue weighted by atomic mass is 10.2. The van der Waals surface area contributed by atoms with Gasteiger partial charge in [0.1, 0.15) is 11.6 Å². The van der Waals surface area contributed by atoms with Crippen LogP contribution in [0.2, 0.25) is 0 Å². The van der Waals surface area contributed by atoms with Crippen LogP contribution in [0.3, 0.4) is 0 Å². The Kier molecular flexibility index (Phi) is 4.73. The highest BCUT2D eigenvalue weighted by Gasteiger charge is 2.18. The Hall–Kier alpha value is -3.18. The number of hydrogen-bond donors (Lipinski definition) is 1. The summed E-state index contributed by atoms with van der Waals surface area (Å²) < 4.78 is 42.5. The largest absolute Gasteiger partial charge is 0.263 e. The van der Waals surface area contributed by atoms with E-state index in [0.717, 1.165) is 0 Å². The molecule has 1 aromatic heterocycles. The molecule has 0 saturated heterocycles. The fourth-order valence-corrected chi connectivity index (χ4v) is 3.56. The van der Waals surface area contributed by atoms with Gasteiger partial charge in [-0.2, -0.15) is 10.4 Å². The van der Waals surface area contributed by atoms with Crippen LogP contribution in [0.15, 0.2) is 59.5 Å². The fourth-order valence-electron chi connectivity index (χ4n) is 2.46. The number of benzene rings is 2. The predicted octanol–water partition coefficient (Wildman–Crippen LogP) is 3.19. The first kappa shape index (κ1) is 17.6. The highest BCUT2D eigenvalue weighted by molar-refractivity contribution is 7.92. The molecule has 1 N–H and O–H groups in total. The van der Waals surface area contributed by atoms with Gasteiger partial charge in [-0.25, -0.2) is 17.5 Å². The maximum atomic E-state index is 13.1. The van der Waals surface area contributed by atoms with E-state index in [0.29, 0.717) is 16.9 Å². The van der Waals surface area contributed by atoms with Crippen LogP contribution in [0, 0.1) is 24.1 Å². The zero-order valence-electron chi connectivity index (χ0n) is 13.8. The van der Waals surface area contributed by atoms with Crippen molar-refractivity contribution in [3.63, 3.8) is 0 Å². The van der Waals surface area contributed by atoms with Gasteiger partial charge >= 0.3 is 0 Å². The van der Waals surface area contributed by atoms with Gasteiger partial charge in [-0.1, -0.05) is 12.1 Å². The van der Waals surface area contributed by atoms with Crippen molar-refractivity contribution in [2.45, 2.75) is 18.2 Å². The third-order valence-electron chi connectivity index (χ3n) is 3.63. The molecular formula is C18H15FN4O2S. The third kappa shape index (κ3) is 3.73. The summed E-state index contributed by atoms with van der Waals surface area (Å²) in [6, 6.07) is 15.3. The van der Waals surface area contributed by atoms with Crippen molar-refractivity contribution in [1.82, 2.24) is 9.78 Å². The minimum Gasteiger partial charge on any atom is -0.263 e. The van der Waals surface area contributed by atoms with E-state index in [1.165, 1.54) is 41.1 Å². The zero-order valence-corrected chi connectivity index (χ0v) is 14.7. The van der Waals surface area contributed by atoms with Gasteiger partial charge in [-0.3, -0.25) is 4.72 Å². The fraction of sp³-hybridized carbons (Fsp3) is 0.111. The quantitative estimate of drug-likeness (QED) is 0.747. The second-order valence-electron chi connectivity index (χ2n) is 5.65. The minimum atomic E-state index is -3.87. The van der Waals surface area contributed by atoms with Crippen molar-refractivity contribution in [2.75, 3.05) is 4.72 Å². The van der Waals surface area contributed by atoms with Gasteiger partial charge in [0.2, 0.25) is 0 Å². The van der Waals surface area contributed by atoms with Crippen LogP contribution < -0.4 is 4.72 Å². The minimum absolute atomic E-state index is 0.0507. The van der Waals surface area contributed by atoms with E-state index in [1.807, 2.05) is 6.07 Å². The van der Waals surface area contributed by atoms with E-state index in [2.05, 4.69) is 9.82 Å². The summed E-state index contributed by atoms with van der Waals surface area (Å²) in [5.74, 6) is -0.158. The van der Waals surface area contributed by atoms with Crippen LogP contribution in [-0.4, -0.2) is 18.2 Å². The summed E-state index contributed by atoms with van der Waals surface area (Å²) in [6.45, 7) is 1.73. The molecule has 0 saturated carbocycles. The Morgan fingerprint density at radius 2 is 1.92 bits per heavy atom. The summed E-state index contributed by atoms with van der Waals surface area (Å²) in [6.07, 6.45) is 0.121. The van der Waals surface area contributed by atoms with Gasteiger partial charge in [0.25, 0.3) is 10.0 Å². The van der Waals surface area contributed by atoms with Gasteiger partial charge in [-0.15, -0.1) is 0 Å². The molecule has 0 atom stereocenters. The second-order valence-corrected chi connectivity index (χ2v) is 7.33. The molecule has 0 radical (unpaired) electrons. The lowest BCUT2D eigenvalue weighted by Crippen LogP contribution is -2.16. The molecule has 3 rings (SSSR count). The Labute approximate surface area is 150 Å². The molecule has 0 aliphatic carbocycles. The number of anilines is 1. The summed E-state index contributed by atoms with van der Waals surface area (Å²) in [7, 11) is -3.87. The molecule has 1 heterocycles. The number of nitriles is 1. The Balaban J connectivity index is 1.97. The Morgan fingerprint density at radius 3 is 2.62 bits per heavy atom. The van der Waals surface area contributed by atoms with Gasteiger partial charge in [0.15, 0.2) is 0 Å². The lowest BCUT2D eigenvalue weighted by Gasteiger charge is -2.11. The number of rotatable bonds is 5. The average Bonchev–Trinajstić information content (AvgIpc) is 2.96. The van der Waals surface area contributed by atoms with Crippen molar-refractivity contribution >= 4 is 15.8 Å². The smallest absolute Gasteiger partial charge is 0.263 e. The number of sulfonamides is 1. The van der Waals surface area contributed by atoms with Crippen molar-refractivity contribution in [3.8, 4) is 11.8 Å². The molecule has 0 spiro atoms. The predicted molar refractivity (Wildman–Crippen MR) is 94.8 cm³/mol. The highest BCUT2D eigenvalue weighted by atomic mass is 32.2. The molecule has 0 aliphatic rings. The molecule has 2 aromatic carbocycles. The zero-order chi connectivity index (χ0) is 18.7. The first-order chi connectivity index (χ1) is 12.4. The molecule has 0 aliphatic heterocycles. The molecule has 6 nitrogen and oxygen atoms in total. The summed E-state index contributed by atoms with van der Waals surface area (Å²) in [4.78, 5) is 0.0507. The van der Waals surface area contributed by atoms with Gasteiger partial charge in [-0.05, 0) is 48.9 Å². The second kappa shape index (κ2) is 6.98. The van der Waals surface area contributed by atoms with Crippen molar-refractivity contribution in [2.24, 2.45) is 0 Å². The Morgan fingerprint density at radius 1 is 1.19 bits per heavy atom. The SMILES string of the molecule is Cc1cc(NS(=O)(=O)c2cccc(CC#N)c2)n(-c2ccc(F)cc2)n1. The van der Waals surface area contributed by atoms with E-state index in [1.54, 1.807) is 25.1 Å². The van der Waals surface area contributed by atoms with E-state index in [-0.39, 0.29) is 17.1 Å². The van der Waals surface area contributed by atoms with Crippen LogP contribution in [-0.2, 0) is 16.4 Å². The van der Waals surface area contributed by atoms with Gasteiger partial charge in [0.05, 0.1) is 28.8 Å². The number of nitrogens with zero attached hydrogens (tertiary/aromatic N) is 3. The van der Waals surface area contributed by atoms with Crippen molar-refractivity contribution < 1.29 is 12.8 Å². The molecule has 0 bridgehead atoms.